The quantitative estimate of drug-likeness (QED) is 0.690. The van der Waals surface area contributed by atoms with E-state index < -0.39 is 10.0 Å². The number of anilines is 1. The molecule has 172 valence electrons. The van der Waals surface area contributed by atoms with Crippen molar-refractivity contribution in [3.8, 4) is 5.75 Å². The lowest BCUT2D eigenvalue weighted by atomic mass is 10.2. The van der Waals surface area contributed by atoms with Crippen LogP contribution >= 0.6 is 0 Å². The van der Waals surface area contributed by atoms with Crippen molar-refractivity contribution >= 4 is 21.6 Å². The fourth-order valence-electron chi connectivity index (χ4n) is 4.40. The third kappa shape index (κ3) is 4.91. The fraction of sp³-hybridized carbons (Fsp3) is 0.458. The number of rotatable bonds is 5. The van der Waals surface area contributed by atoms with Gasteiger partial charge < -0.3 is 14.5 Å². The lowest BCUT2D eigenvalue weighted by Gasteiger charge is -2.26. The van der Waals surface area contributed by atoms with Crippen LogP contribution < -0.4 is 9.64 Å². The molecule has 1 amide bonds. The number of hydrogen-bond acceptors (Lipinski definition) is 5. The summed E-state index contributed by atoms with van der Waals surface area (Å²) in [6, 6.07) is 14.5. The van der Waals surface area contributed by atoms with Crippen molar-refractivity contribution < 1.29 is 17.9 Å². The summed E-state index contributed by atoms with van der Waals surface area (Å²) in [5, 5.41) is 0. The van der Waals surface area contributed by atoms with Crippen LogP contribution in [0.4, 0.5) is 5.69 Å². The van der Waals surface area contributed by atoms with Gasteiger partial charge in [0.25, 0.3) is 5.91 Å². The first kappa shape index (κ1) is 22.6. The Morgan fingerprint density at radius 2 is 1.59 bits per heavy atom. The molecule has 0 unspecified atom stereocenters. The Balaban J connectivity index is 1.45. The van der Waals surface area contributed by atoms with Crippen LogP contribution in [0.15, 0.2) is 53.4 Å². The number of nitrogens with zero attached hydrogens (tertiary/aromatic N) is 3. The van der Waals surface area contributed by atoms with Crippen LogP contribution in [0.25, 0.3) is 0 Å². The molecule has 0 N–H and O–H groups in total. The standard InChI is InChI=1S/C24H31N3O4S/c1-31-22-11-9-21(10-12-22)25-13-6-14-26(18-17-25)24(28)20-7-5-8-23(19-20)32(29,30)27-15-3-2-4-16-27/h5,7-12,19H,2-4,6,13-18H2,1H3. The second-order valence-corrected chi connectivity index (χ2v) is 10.3. The summed E-state index contributed by atoms with van der Waals surface area (Å²) >= 11 is 0. The minimum absolute atomic E-state index is 0.114. The summed E-state index contributed by atoms with van der Waals surface area (Å²) in [6.07, 6.45) is 3.68. The van der Waals surface area contributed by atoms with Crippen LogP contribution in [-0.2, 0) is 10.0 Å². The van der Waals surface area contributed by atoms with Crippen molar-refractivity contribution in [1.82, 2.24) is 9.21 Å². The first-order valence-corrected chi connectivity index (χ1v) is 12.7. The van der Waals surface area contributed by atoms with E-state index in [1.165, 1.54) is 0 Å². The molecule has 2 aromatic rings. The first-order valence-electron chi connectivity index (χ1n) is 11.3. The molecule has 0 saturated carbocycles. The van der Waals surface area contributed by atoms with Crippen LogP contribution in [0.1, 0.15) is 36.0 Å². The fourth-order valence-corrected chi connectivity index (χ4v) is 5.96. The number of carbonyl (C=O) groups is 1. The van der Waals surface area contributed by atoms with E-state index in [0.29, 0.717) is 31.7 Å². The maximum absolute atomic E-state index is 13.2. The van der Waals surface area contributed by atoms with Gasteiger partial charge in [0.15, 0.2) is 0 Å². The lowest BCUT2D eigenvalue weighted by Crippen LogP contribution is -2.36. The molecular weight excluding hydrogens is 426 g/mol. The van der Waals surface area contributed by atoms with E-state index in [-0.39, 0.29) is 10.8 Å². The number of amides is 1. The summed E-state index contributed by atoms with van der Waals surface area (Å²) in [5.74, 6) is 0.706. The largest absolute Gasteiger partial charge is 0.497 e. The SMILES string of the molecule is COc1ccc(N2CCCN(C(=O)c3cccc(S(=O)(=O)N4CCCCC4)c3)CC2)cc1. The summed E-state index contributed by atoms with van der Waals surface area (Å²) in [6.45, 7) is 3.92. The van der Waals surface area contributed by atoms with Crippen LogP contribution in [0.5, 0.6) is 5.75 Å². The molecule has 4 rings (SSSR count). The van der Waals surface area contributed by atoms with Crippen LogP contribution in [-0.4, -0.2) is 69.9 Å². The summed E-state index contributed by atoms with van der Waals surface area (Å²) in [4.78, 5) is 17.5. The average molecular weight is 458 g/mol. The molecular formula is C24H31N3O4S. The molecule has 32 heavy (non-hydrogen) atoms. The van der Waals surface area contributed by atoms with Gasteiger partial charge in [-0.15, -0.1) is 0 Å². The lowest BCUT2D eigenvalue weighted by molar-refractivity contribution is 0.0766. The molecule has 2 aromatic carbocycles. The van der Waals surface area contributed by atoms with Gasteiger partial charge in [0.1, 0.15) is 5.75 Å². The van der Waals surface area contributed by atoms with Gasteiger partial charge in [-0.25, -0.2) is 8.42 Å². The maximum Gasteiger partial charge on any atom is 0.253 e. The molecule has 7 nitrogen and oxygen atoms in total. The average Bonchev–Trinajstić information content (AvgIpc) is 3.11. The molecule has 2 heterocycles. The Morgan fingerprint density at radius 1 is 0.844 bits per heavy atom. The molecule has 0 radical (unpaired) electrons. The Bertz CT molecular complexity index is 1030. The number of hydrogen-bond donors (Lipinski definition) is 0. The minimum atomic E-state index is -3.56. The highest BCUT2D eigenvalue weighted by molar-refractivity contribution is 7.89. The molecule has 0 spiro atoms. The molecule has 2 saturated heterocycles. The number of benzene rings is 2. The second-order valence-electron chi connectivity index (χ2n) is 8.32. The topological polar surface area (TPSA) is 70.2 Å². The molecule has 0 bridgehead atoms. The predicted molar refractivity (Wildman–Crippen MR) is 125 cm³/mol. The summed E-state index contributed by atoms with van der Waals surface area (Å²) in [7, 11) is -1.91. The van der Waals surface area contributed by atoms with Crippen molar-refractivity contribution in [3.05, 3.63) is 54.1 Å². The molecule has 0 aliphatic carbocycles. The van der Waals surface area contributed by atoms with Crippen LogP contribution in [0.3, 0.4) is 0 Å². The van der Waals surface area contributed by atoms with E-state index in [0.717, 1.165) is 50.2 Å². The monoisotopic (exact) mass is 457 g/mol. The van der Waals surface area contributed by atoms with E-state index >= 15 is 0 Å². The van der Waals surface area contributed by atoms with E-state index in [1.807, 2.05) is 29.2 Å². The van der Waals surface area contributed by atoms with Gasteiger partial charge in [-0.05, 0) is 61.7 Å². The highest BCUT2D eigenvalue weighted by Gasteiger charge is 2.27. The van der Waals surface area contributed by atoms with Crippen LogP contribution in [0, 0.1) is 0 Å². The van der Waals surface area contributed by atoms with E-state index in [2.05, 4.69) is 4.90 Å². The van der Waals surface area contributed by atoms with Gasteiger partial charge >= 0.3 is 0 Å². The van der Waals surface area contributed by atoms with Crippen molar-refractivity contribution in [2.45, 2.75) is 30.6 Å². The molecule has 2 aliphatic heterocycles. The predicted octanol–water partition coefficient (Wildman–Crippen LogP) is 3.22. The minimum Gasteiger partial charge on any atom is -0.497 e. The number of ether oxygens (including phenoxy) is 1. The van der Waals surface area contributed by atoms with Crippen LogP contribution in [0.2, 0.25) is 0 Å². The van der Waals surface area contributed by atoms with Crippen molar-refractivity contribution in [1.29, 1.82) is 0 Å². The zero-order valence-electron chi connectivity index (χ0n) is 18.6. The zero-order chi connectivity index (χ0) is 22.6. The number of carbonyl (C=O) groups excluding carboxylic acids is 1. The van der Waals surface area contributed by atoms with Gasteiger partial charge in [-0.1, -0.05) is 12.5 Å². The van der Waals surface area contributed by atoms with Gasteiger partial charge in [0.05, 0.1) is 12.0 Å². The zero-order valence-corrected chi connectivity index (χ0v) is 19.4. The van der Waals surface area contributed by atoms with Gasteiger partial charge in [-0.3, -0.25) is 4.79 Å². The van der Waals surface area contributed by atoms with E-state index in [9.17, 15) is 13.2 Å². The number of sulfonamides is 1. The van der Waals surface area contributed by atoms with Crippen molar-refractivity contribution in [2.24, 2.45) is 0 Å². The molecule has 8 heteroatoms. The summed E-state index contributed by atoms with van der Waals surface area (Å²) in [5.41, 5.74) is 1.54. The highest BCUT2D eigenvalue weighted by Crippen LogP contribution is 2.23. The normalized spacial score (nSPS) is 18.3. The maximum atomic E-state index is 13.2. The Kier molecular flexibility index (Phi) is 7.01. The Labute approximate surface area is 190 Å². The smallest absolute Gasteiger partial charge is 0.253 e. The Hall–Kier alpha value is -2.58. The molecule has 0 aromatic heterocycles. The second kappa shape index (κ2) is 9.92. The summed E-state index contributed by atoms with van der Waals surface area (Å²) < 4.78 is 32.8. The van der Waals surface area contributed by atoms with Gasteiger partial charge in [0.2, 0.25) is 10.0 Å². The van der Waals surface area contributed by atoms with Crippen molar-refractivity contribution in [2.75, 3.05) is 51.3 Å². The third-order valence-corrected chi connectivity index (χ3v) is 8.15. The number of methoxy groups -OCH3 is 1. The highest BCUT2D eigenvalue weighted by atomic mass is 32.2. The van der Waals surface area contributed by atoms with Gasteiger partial charge in [0, 0.05) is 50.5 Å². The number of piperidine rings is 1. The molecule has 0 atom stereocenters. The van der Waals surface area contributed by atoms with E-state index in [4.69, 9.17) is 4.74 Å². The Morgan fingerprint density at radius 3 is 2.31 bits per heavy atom. The van der Waals surface area contributed by atoms with Crippen molar-refractivity contribution in [3.63, 3.8) is 0 Å². The molecule has 2 aliphatic rings. The first-order chi connectivity index (χ1) is 15.5. The van der Waals surface area contributed by atoms with E-state index in [1.54, 1.807) is 35.7 Å². The van der Waals surface area contributed by atoms with Gasteiger partial charge in [-0.2, -0.15) is 4.31 Å². The molecule has 2 fully saturated rings. The third-order valence-electron chi connectivity index (χ3n) is 6.25.